The van der Waals surface area contributed by atoms with E-state index in [1.807, 2.05) is 61.5 Å². The summed E-state index contributed by atoms with van der Waals surface area (Å²) in [6.07, 6.45) is 0.278. The molecule has 0 aliphatic heterocycles. The molecule has 0 radical (unpaired) electrons. The summed E-state index contributed by atoms with van der Waals surface area (Å²) in [6.45, 7) is 1.92. The molecule has 3 rings (SSSR count). The van der Waals surface area contributed by atoms with Gasteiger partial charge in [0.05, 0.1) is 6.42 Å². The van der Waals surface area contributed by atoms with Gasteiger partial charge in [0.15, 0.2) is 6.10 Å². The van der Waals surface area contributed by atoms with Gasteiger partial charge in [0, 0.05) is 19.8 Å². The molecule has 1 unspecified atom stereocenters. The molecule has 0 bridgehead atoms. The van der Waals surface area contributed by atoms with Crippen molar-refractivity contribution in [2.75, 3.05) is 19.4 Å². The molecule has 3 aromatic rings. The average Bonchev–Trinajstić information content (AvgIpc) is 2.79. The van der Waals surface area contributed by atoms with Crippen LogP contribution in [-0.4, -0.2) is 36.9 Å². The van der Waals surface area contributed by atoms with Gasteiger partial charge in [0.2, 0.25) is 5.91 Å². The molecule has 0 aliphatic carbocycles. The van der Waals surface area contributed by atoms with Gasteiger partial charge in [0.1, 0.15) is 5.75 Å². The van der Waals surface area contributed by atoms with E-state index < -0.39 is 6.10 Å². The molecule has 0 fully saturated rings. The van der Waals surface area contributed by atoms with E-state index in [1.165, 1.54) is 0 Å². The molecular weight excluding hydrogens is 388 g/mol. The summed E-state index contributed by atoms with van der Waals surface area (Å²) in [5.74, 6) is 0.487. The number of rotatable bonds is 8. The summed E-state index contributed by atoms with van der Waals surface area (Å²) in [4.78, 5) is 26.1. The lowest BCUT2D eigenvalue weighted by molar-refractivity contribution is -0.128. The summed E-state index contributed by atoms with van der Waals surface area (Å²) < 4.78 is 5.93. The fourth-order valence-electron chi connectivity index (χ4n) is 3.10. The van der Waals surface area contributed by atoms with Crippen molar-refractivity contribution in [2.24, 2.45) is 0 Å². The number of hydrogen-bond acceptors (Lipinski definition) is 3. The predicted octanol–water partition coefficient (Wildman–Crippen LogP) is 4.78. The van der Waals surface area contributed by atoms with Crippen LogP contribution in [0.2, 0.25) is 0 Å². The van der Waals surface area contributed by atoms with Crippen LogP contribution in [0.1, 0.15) is 18.9 Å². The van der Waals surface area contributed by atoms with Crippen LogP contribution in [0.25, 0.3) is 11.1 Å². The first-order chi connectivity index (χ1) is 15.0. The zero-order chi connectivity index (χ0) is 22.2. The molecule has 3 aromatic carbocycles. The lowest BCUT2D eigenvalue weighted by Crippen LogP contribution is -2.32. The van der Waals surface area contributed by atoms with E-state index in [0.29, 0.717) is 24.3 Å². The Kier molecular flexibility index (Phi) is 7.44. The lowest BCUT2D eigenvalue weighted by Gasteiger charge is -2.18. The molecule has 5 heteroatoms. The second-order valence-corrected chi connectivity index (χ2v) is 7.56. The van der Waals surface area contributed by atoms with Crippen LogP contribution in [0.4, 0.5) is 5.69 Å². The highest BCUT2D eigenvalue weighted by Gasteiger charge is 2.18. The van der Waals surface area contributed by atoms with Crippen molar-refractivity contribution in [3.8, 4) is 16.9 Å². The number of likely N-dealkylation sites (N-methyl/N-ethyl adjacent to an activating group) is 1. The Labute approximate surface area is 183 Å². The van der Waals surface area contributed by atoms with E-state index in [4.69, 9.17) is 4.74 Å². The van der Waals surface area contributed by atoms with Crippen LogP contribution < -0.4 is 10.1 Å². The van der Waals surface area contributed by atoms with Gasteiger partial charge in [-0.1, -0.05) is 61.5 Å². The van der Waals surface area contributed by atoms with Gasteiger partial charge in [-0.25, -0.2) is 0 Å². The van der Waals surface area contributed by atoms with E-state index in [0.717, 1.165) is 16.7 Å². The summed E-state index contributed by atoms with van der Waals surface area (Å²) in [5, 5.41) is 2.89. The number of nitrogens with zero attached hydrogens (tertiary/aromatic N) is 1. The number of carbonyl (C=O) groups excluding carboxylic acids is 2. The summed E-state index contributed by atoms with van der Waals surface area (Å²) in [5.41, 5.74) is 3.80. The SMILES string of the molecule is CCC(Oc1ccc(-c2ccccc2)cc1)C(=O)Nc1ccc(CC(=O)N(C)C)cc1. The number of hydrogen-bond donors (Lipinski definition) is 1. The van der Waals surface area contributed by atoms with Gasteiger partial charge in [-0.2, -0.15) is 0 Å². The highest BCUT2D eigenvalue weighted by Crippen LogP contribution is 2.23. The molecule has 5 nitrogen and oxygen atoms in total. The number of benzene rings is 3. The Bertz CT molecular complexity index is 997. The molecule has 0 heterocycles. The predicted molar refractivity (Wildman–Crippen MR) is 124 cm³/mol. The maximum Gasteiger partial charge on any atom is 0.265 e. The molecule has 0 saturated heterocycles. The summed E-state index contributed by atoms with van der Waals surface area (Å²) in [6, 6.07) is 25.2. The van der Waals surface area contributed by atoms with Gasteiger partial charge in [-0.3, -0.25) is 9.59 Å². The zero-order valence-electron chi connectivity index (χ0n) is 18.2. The van der Waals surface area contributed by atoms with Gasteiger partial charge < -0.3 is 15.0 Å². The molecule has 2 amide bonds. The Morgan fingerprint density at radius 1 is 0.871 bits per heavy atom. The fraction of sp³-hybridized carbons (Fsp3) is 0.231. The third kappa shape index (κ3) is 6.19. The Morgan fingerprint density at radius 3 is 2.06 bits per heavy atom. The Morgan fingerprint density at radius 2 is 1.48 bits per heavy atom. The molecule has 0 aromatic heterocycles. The maximum atomic E-state index is 12.7. The third-order valence-corrected chi connectivity index (χ3v) is 4.98. The van der Waals surface area contributed by atoms with Gasteiger partial charge >= 0.3 is 0 Å². The van der Waals surface area contributed by atoms with Gasteiger partial charge in [-0.05, 0) is 47.4 Å². The minimum atomic E-state index is -0.599. The van der Waals surface area contributed by atoms with Crippen LogP contribution in [0, 0.1) is 0 Å². The highest BCUT2D eigenvalue weighted by molar-refractivity contribution is 5.94. The second-order valence-electron chi connectivity index (χ2n) is 7.56. The first-order valence-electron chi connectivity index (χ1n) is 10.4. The molecule has 1 N–H and O–H groups in total. The van der Waals surface area contributed by atoms with Crippen molar-refractivity contribution in [1.29, 1.82) is 0 Å². The number of anilines is 1. The lowest BCUT2D eigenvalue weighted by atomic mass is 10.1. The Balaban J connectivity index is 1.59. The standard InChI is InChI=1S/C26H28N2O3/c1-4-24(31-23-16-12-21(13-17-23)20-8-6-5-7-9-20)26(30)27-22-14-10-19(11-15-22)18-25(29)28(2)3/h5-17,24H,4,18H2,1-3H3,(H,27,30). The molecule has 0 spiro atoms. The molecule has 0 saturated carbocycles. The van der Waals surface area contributed by atoms with Crippen LogP contribution >= 0.6 is 0 Å². The van der Waals surface area contributed by atoms with E-state index in [9.17, 15) is 9.59 Å². The third-order valence-electron chi connectivity index (χ3n) is 4.98. The molecule has 1 atom stereocenters. The van der Waals surface area contributed by atoms with Crippen molar-refractivity contribution < 1.29 is 14.3 Å². The first kappa shape index (κ1) is 22.1. The van der Waals surface area contributed by atoms with E-state index in [2.05, 4.69) is 17.4 Å². The minimum absolute atomic E-state index is 0.0366. The van der Waals surface area contributed by atoms with E-state index in [1.54, 1.807) is 31.1 Å². The van der Waals surface area contributed by atoms with Crippen LogP contribution in [0.15, 0.2) is 78.9 Å². The largest absolute Gasteiger partial charge is 0.481 e. The first-order valence-corrected chi connectivity index (χ1v) is 10.4. The normalized spacial score (nSPS) is 11.5. The quantitative estimate of drug-likeness (QED) is 0.575. The second kappa shape index (κ2) is 10.4. The van der Waals surface area contributed by atoms with Crippen LogP contribution in [0.5, 0.6) is 5.75 Å². The summed E-state index contributed by atoms with van der Waals surface area (Å²) in [7, 11) is 3.47. The molecular formula is C26H28N2O3. The molecule has 31 heavy (non-hydrogen) atoms. The van der Waals surface area contributed by atoms with Crippen molar-refractivity contribution in [2.45, 2.75) is 25.9 Å². The van der Waals surface area contributed by atoms with Crippen LogP contribution in [-0.2, 0) is 16.0 Å². The Hall–Kier alpha value is -3.60. The number of nitrogens with one attached hydrogen (secondary N) is 1. The van der Waals surface area contributed by atoms with Crippen molar-refractivity contribution in [1.82, 2.24) is 4.90 Å². The minimum Gasteiger partial charge on any atom is -0.481 e. The van der Waals surface area contributed by atoms with Gasteiger partial charge in [0.25, 0.3) is 5.91 Å². The number of ether oxygens (including phenoxy) is 1. The number of amides is 2. The van der Waals surface area contributed by atoms with Gasteiger partial charge in [-0.15, -0.1) is 0 Å². The van der Waals surface area contributed by atoms with Crippen molar-refractivity contribution in [3.05, 3.63) is 84.4 Å². The van der Waals surface area contributed by atoms with Crippen LogP contribution in [0.3, 0.4) is 0 Å². The van der Waals surface area contributed by atoms with E-state index in [-0.39, 0.29) is 11.8 Å². The average molecular weight is 417 g/mol. The van der Waals surface area contributed by atoms with Crippen molar-refractivity contribution >= 4 is 17.5 Å². The molecule has 0 aliphatic rings. The topological polar surface area (TPSA) is 58.6 Å². The fourth-order valence-corrected chi connectivity index (χ4v) is 3.10. The highest BCUT2D eigenvalue weighted by atomic mass is 16.5. The maximum absolute atomic E-state index is 12.7. The van der Waals surface area contributed by atoms with E-state index >= 15 is 0 Å². The van der Waals surface area contributed by atoms with Crippen molar-refractivity contribution in [3.63, 3.8) is 0 Å². The summed E-state index contributed by atoms with van der Waals surface area (Å²) >= 11 is 0. The zero-order valence-corrected chi connectivity index (χ0v) is 18.2. The number of carbonyl (C=O) groups is 2. The smallest absolute Gasteiger partial charge is 0.265 e. The monoisotopic (exact) mass is 416 g/mol. The molecule has 160 valence electrons.